The van der Waals surface area contributed by atoms with E-state index >= 15 is 0 Å². The van der Waals surface area contributed by atoms with E-state index in [-0.39, 0.29) is 11.8 Å². The third kappa shape index (κ3) is 4.18. The van der Waals surface area contributed by atoms with Crippen molar-refractivity contribution in [2.45, 2.75) is 19.8 Å². The molecule has 1 fully saturated rings. The zero-order valence-corrected chi connectivity index (χ0v) is 14.3. The van der Waals surface area contributed by atoms with Gasteiger partial charge in [0.2, 0.25) is 0 Å². The third-order valence-corrected chi connectivity index (χ3v) is 4.21. The van der Waals surface area contributed by atoms with E-state index < -0.39 is 0 Å². The van der Waals surface area contributed by atoms with Crippen LogP contribution in [0.15, 0.2) is 48.5 Å². The fourth-order valence-electron chi connectivity index (χ4n) is 2.87. The van der Waals surface area contributed by atoms with Gasteiger partial charge >= 0.3 is 0 Å². The summed E-state index contributed by atoms with van der Waals surface area (Å²) in [7, 11) is 0. The second-order valence-corrected chi connectivity index (χ2v) is 5.99. The molecule has 2 aromatic rings. The summed E-state index contributed by atoms with van der Waals surface area (Å²) < 4.78 is 5.38. The standard InChI is InChI=1S/C20H22N2O3/c1-2-25-18-11-9-17(10-12-18)21-19(23)15-5-7-16(8-6-15)20(24)22-13-3-4-14-22/h5-12H,2-4,13-14H2,1H3,(H,21,23). The summed E-state index contributed by atoms with van der Waals surface area (Å²) >= 11 is 0. The van der Waals surface area contributed by atoms with Crippen molar-refractivity contribution in [3.05, 3.63) is 59.7 Å². The van der Waals surface area contributed by atoms with E-state index in [1.165, 1.54) is 0 Å². The summed E-state index contributed by atoms with van der Waals surface area (Å²) in [4.78, 5) is 26.5. The number of carbonyl (C=O) groups is 2. The monoisotopic (exact) mass is 338 g/mol. The third-order valence-electron chi connectivity index (χ3n) is 4.21. The van der Waals surface area contributed by atoms with Crippen LogP contribution in [0.5, 0.6) is 5.75 Å². The Balaban J connectivity index is 1.63. The molecule has 1 saturated heterocycles. The molecule has 0 atom stereocenters. The summed E-state index contributed by atoms with van der Waals surface area (Å²) in [6.07, 6.45) is 2.13. The van der Waals surface area contributed by atoms with Crippen molar-refractivity contribution in [3.63, 3.8) is 0 Å². The molecule has 1 N–H and O–H groups in total. The maximum atomic E-state index is 12.3. The van der Waals surface area contributed by atoms with Gasteiger partial charge in [-0.05, 0) is 68.3 Å². The SMILES string of the molecule is CCOc1ccc(NC(=O)c2ccc(C(=O)N3CCCC3)cc2)cc1. The molecule has 0 aliphatic carbocycles. The van der Waals surface area contributed by atoms with Crippen molar-refractivity contribution in [2.75, 3.05) is 25.0 Å². The summed E-state index contributed by atoms with van der Waals surface area (Å²) in [5, 5.41) is 2.84. The molecule has 0 radical (unpaired) electrons. The molecule has 5 nitrogen and oxygen atoms in total. The van der Waals surface area contributed by atoms with Crippen LogP contribution in [-0.2, 0) is 0 Å². The molecule has 0 unspecified atom stereocenters. The van der Waals surface area contributed by atoms with E-state index in [1.807, 2.05) is 24.0 Å². The number of hydrogen-bond donors (Lipinski definition) is 1. The Morgan fingerprint density at radius 3 is 2.16 bits per heavy atom. The first-order valence-electron chi connectivity index (χ1n) is 8.61. The highest BCUT2D eigenvalue weighted by Crippen LogP contribution is 2.17. The smallest absolute Gasteiger partial charge is 0.255 e. The van der Waals surface area contributed by atoms with Gasteiger partial charge in [0.25, 0.3) is 11.8 Å². The van der Waals surface area contributed by atoms with Crippen molar-refractivity contribution < 1.29 is 14.3 Å². The van der Waals surface area contributed by atoms with E-state index in [0.29, 0.717) is 23.4 Å². The molecule has 0 bridgehead atoms. The van der Waals surface area contributed by atoms with Crippen molar-refractivity contribution in [3.8, 4) is 5.75 Å². The summed E-state index contributed by atoms with van der Waals surface area (Å²) in [5.74, 6) is 0.602. The molecule has 2 amide bonds. The number of ether oxygens (including phenoxy) is 1. The van der Waals surface area contributed by atoms with E-state index in [1.54, 1.807) is 36.4 Å². The number of rotatable bonds is 5. The number of benzene rings is 2. The minimum Gasteiger partial charge on any atom is -0.494 e. The minimum atomic E-state index is -0.204. The first-order chi connectivity index (χ1) is 12.2. The van der Waals surface area contributed by atoms with Crippen LogP contribution in [0.3, 0.4) is 0 Å². The Bertz CT molecular complexity index is 733. The molecule has 1 aliphatic rings. The summed E-state index contributed by atoms with van der Waals surface area (Å²) in [6.45, 7) is 4.17. The molecular weight excluding hydrogens is 316 g/mol. The molecule has 0 spiro atoms. The molecule has 5 heteroatoms. The molecule has 130 valence electrons. The highest BCUT2D eigenvalue weighted by molar-refractivity contribution is 6.05. The first-order valence-corrected chi connectivity index (χ1v) is 8.61. The lowest BCUT2D eigenvalue weighted by Crippen LogP contribution is -2.27. The van der Waals surface area contributed by atoms with Crippen LogP contribution in [0.2, 0.25) is 0 Å². The molecular formula is C20H22N2O3. The molecule has 2 aromatic carbocycles. The second kappa shape index (κ2) is 7.83. The molecule has 1 aliphatic heterocycles. The molecule has 3 rings (SSSR count). The van der Waals surface area contributed by atoms with Gasteiger partial charge in [-0.15, -0.1) is 0 Å². The number of likely N-dealkylation sites (tertiary alicyclic amines) is 1. The van der Waals surface area contributed by atoms with Crippen molar-refractivity contribution in [1.29, 1.82) is 0 Å². The van der Waals surface area contributed by atoms with Crippen LogP contribution in [0.4, 0.5) is 5.69 Å². The quantitative estimate of drug-likeness (QED) is 0.906. The van der Waals surface area contributed by atoms with Gasteiger partial charge in [-0.1, -0.05) is 0 Å². The Morgan fingerprint density at radius 1 is 0.960 bits per heavy atom. The van der Waals surface area contributed by atoms with E-state index in [9.17, 15) is 9.59 Å². The Morgan fingerprint density at radius 2 is 1.56 bits per heavy atom. The van der Waals surface area contributed by atoms with Crippen LogP contribution in [0, 0.1) is 0 Å². The van der Waals surface area contributed by atoms with Gasteiger partial charge in [0, 0.05) is 29.9 Å². The van der Waals surface area contributed by atoms with E-state index in [0.717, 1.165) is 31.7 Å². The van der Waals surface area contributed by atoms with Gasteiger partial charge < -0.3 is 15.0 Å². The molecule has 25 heavy (non-hydrogen) atoms. The van der Waals surface area contributed by atoms with Crippen LogP contribution in [0.1, 0.15) is 40.5 Å². The highest BCUT2D eigenvalue weighted by Gasteiger charge is 2.19. The largest absolute Gasteiger partial charge is 0.494 e. The number of nitrogens with zero attached hydrogens (tertiary/aromatic N) is 1. The maximum absolute atomic E-state index is 12.3. The normalized spacial score (nSPS) is 13.6. The average Bonchev–Trinajstić information content (AvgIpc) is 3.18. The summed E-state index contributed by atoms with van der Waals surface area (Å²) in [5.41, 5.74) is 1.84. The van der Waals surface area contributed by atoms with Gasteiger partial charge in [-0.25, -0.2) is 0 Å². The van der Waals surface area contributed by atoms with Gasteiger partial charge in [0.15, 0.2) is 0 Å². The number of anilines is 1. The van der Waals surface area contributed by atoms with Crippen LogP contribution >= 0.6 is 0 Å². The number of carbonyl (C=O) groups excluding carboxylic acids is 2. The predicted molar refractivity (Wildman–Crippen MR) is 97.1 cm³/mol. The fraction of sp³-hybridized carbons (Fsp3) is 0.300. The van der Waals surface area contributed by atoms with E-state index in [2.05, 4.69) is 5.32 Å². The zero-order valence-electron chi connectivity index (χ0n) is 14.3. The topological polar surface area (TPSA) is 58.6 Å². The number of amides is 2. The average molecular weight is 338 g/mol. The van der Waals surface area contributed by atoms with E-state index in [4.69, 9.17) is 4.74 Å². The lowest BCUT2D eigenvalue weighted by molar-refractivity contribution is 0.0792. The molecule has 1 heterocycles. The Labute approximate surface area is 147 Å². The fourth-order valence-corrected chi connectivity index (χ4v) is 2.87. The number of hydrogen-bond acceptors (Lipinski definition) is 3. The summed E-state index contributed by atoms with van der Waals surface area (Å²) in [6, 6.07) is 14.0. The van der Waals surface area contributed by atoms with Gasteiger partial charge in [-0.2, -0.15) is 0 Å². The van der Waals surface area contributed by atoms with Crippen LogP contribution < -0.4 is 10.1 Å². The zero-order chi connectivity index (χ0) is 17.6. The molecule has 0 saturated carbocycles. The minimum absolute atomic E-state index is 0.0379. The van der Waals surface area contributed by atoms with Crippen LogP contribution in [-0.4, -0.2) is 36.4 Å². The van der Waals surface area contributed by atoms with Crippen molar-refractivity contribution in [1.82, 2.24) is 4.90 Å². The Kier molecular flexibility index (Phi) is 5.33. The second-order valence-electron chi connectivity index (χ2n) is 5.99. The van der Waals surface area contributed by atoms with Crippen molar-refractivity contribution in [2.24, 2.45) is 0 Å². The number of nitrogens with one attached hydrogen (secondary N) is 1. The van der Waals surface area contributed by atoms with Gasteiger partial charge in [0.05, 0.1) is 6.61 Å². The van der Waals surface area contributed by atoms with Gasteiger partial charge in [-0.3, -0.25) is 9.59 Å². The molecule has 0 aromatic heterocycles. The highest BCUT2D eigenvalue weighted by atomic mass is 16.5. The lowest BCUT2D eigenvalue weighted by atomic mass is 10.1. The lowest BCUT2D eigenvalue weighted by Gasteiger charge is -2.15. The first kappa shape index (κ1) is 17.0. The predicted octanol–water partition coefficient (Wildman–Crippen LogP) is 3.57. The Hall–Kier alpha value is -2.82. The maximum Gasteiger partial charge on any atom is 0.255 e. The van der Waals surface area contributed by atoms with Crippen molar-refractivity contribution >= 4 is 17.5 Å². The van der Waals surface area contributed by atoms with Crippen LogP contribution in [0.25, 0.3) is 0 Å². The van der Waals surface area contributed by atoms with Gasteiger partial charge in [0.1, 0.15) is 5.75 Å².